The van der Waals surface area contributed by atoms with E-state index in [1.165, 1.54) is 18.2 Å². The van der Waals surface area contributed by atoms with Crippen molar-refractivity contribution in [3.63, 3.8) is 0 Å². The molecule has 0 aliphatic heterocycles. The fraction of sp³-hybridized carbons (Fsp3) is 0.100. The van der Waals surface area contributed by atoms with Crippen molar-refractivity contribution in [3.8, 4) is 17.0 Å². The number of aromatic carboxylic acids is 1. The minimum Gasteiger partial charge on any atom is -0.497 e. The Labute approximate surface area is 150 Å². The van der Waals surface area contributed by atoms with Gasteiger partial charge in [-0.1, -0.05) is 18.2 Å². The summed E-state index contributed by atoms with van der Waals surface area (Å²) >= 11 is 0. The summed E-state index contributed by atoms with van der Waals surface area (Å²) in [6, 6.07) is 13.2. The maximum absolute atomic E-state index is 14.1. The summed E-state index contributed by atoms with van der Waals surface area (Å²) in [5.74, 6) is -1.12. The summed E-state index contributed by atoms with van der Waals surface area (Å²) in [5, 5.41) is 12.1. The Kier molecular flexibility index (Phi) is 4.84. The molecular formula is C20H17FN2O3. The molecule has 0 aliphatic rings. The van der Waals surface area contributed by atoms with Crippen LogP contribution in [0.2, 0.25) is 0 Å². The number of pyridine rings is 1. The number of carboxylic acids is 1. The Balaban J connectivity index is 1.95. The summed E-state index contributed by atoms with van der Waals surface area (Å²) in [6.07, 6.45) is 1.54. The average molecular weight is 352 g/mol. The molecule has 5 nitrogen and oxygen atoms in total. The summed E-state index contributed by atoms with van der Waals surface area (Å²) in [7, 11) is 1.60. The molecule has 0 saturated heterocycles. The average Bonchev–Trinajstić information content (AvgIpc) is 2.63. The van der Waals surface area contributed by atoms with E-state index in [4.69, 9.17) is 4.74 Å². The zero-order valence-electron chi connectivity index (χ0n) is 14.3. The SMILES string of the molecule is COc1cccc(-c2ncc(Nc3c(F)cccc3C(=O)O)cc2C)c1. The van der Waals surface area contributed by atoms with Gasteiger partial charge in [0.15, 0.2) is 0 Å². The van der Waals surface area contributed by atoms with E-state index < -0.39 is 11.8 Å². The Morgan fingerprint density at radius 2 is 1.96 bits per heavy atom. The maximum Gasteiger partial charge on any atom is 0.337 e. The first-order valence-electron chi connectivity index (χ1n) is 7.89. The number of para-hydroxylation sites is 1. The molecule has 3 aromatic rings. The van der Waals surface area contributed by atoms with E-state index >= 15 is 0 Å². The molecule has 1 aromatic heterocycles. The highest BCUT2D eigenvalue weighted by molar-refractivity contribution is 5.95. The van der Waals surface area contributed by atoms with E-state index in [-0.39, 0.29) is 11.3 Å². The second-order valence-corrected chi connectivity index (χ2v) is 5.71. The number of hydrogen-bond acceptors (Lipinski definition) is 4. The largest absolute Gasteiger partial charge is 0.497 e. The maximum atomic E-state index is 14.1. The lowest BCUT2D eigenvalue weighted by Crippen LogP contribution is -2.05. The predicted molar refractivity (Wildman–Crippen MR) is 97.6 cm³/mol. The van der Waals surface area contributed by atoms with Crippen LogP contribution in [-0.4, -0.2) is 23.2 Å². The highest BCUT2D eigenvalue weighted by Crippen LogP contribution is 2.29. The van der Waals surface area contributed by atoms with Crippen LogP contribution in [-0.2, 0) is 0 Å². The molecule has 2 aromatic carbocycles. The molecule has 0 unspecified atom stereocenters. The molecule has 0 saturated carbocycles. The van der Waals surface area contributed by atoms with Crippen molar-refractivity contribution in [3.05, 3.63) is 71.7 Å². The number of ether oxygens (including phenoxy) is 1. The number of benzene rings is 2. The van der Waals surface area contributed by atoms with Gasteiger partial charge in [0.05, 0.1) is 35.9 Å². The normalized spacial score (nSPS) is 10.4. The van der Waals surface area contributed by atoms with Crippen molar-refractivity contribution in [1.29, 1.82) is 0 Å². The van der Waals surface area contributed by atoms with Crippen LogP contribution in [0, 0.1) is 12.7 Å². The van der Waals surface area contributed by atoms with E-state index in [2.05, 4.69) is 10.3 Å². The van der Waals surface area contributed by atoms with Crippen molar-refractivity contribution < 1.29 is 19.0 Å². The van der Waals surface area contributed by atoms with E-state index in [1.54, 1.807) is 19.4 Å². The summed E-state index contributed by atoms with van der Waals surface area (Å²) in [5.41, 5.74) is 2.79. The van der Waals surface area contributed by atoms with E-state index in [1.807, 2.05) is 31.2 Å². The molecule has 0 fully saturated rings. The second-order valence-electron chi connectivity index (χ2n) is 5.71. The lowest BCUT2D eigenvalue weighted by atomic mass is 10.1. The topological polar surface area (TPSA) is 71.5 Å². The fourth-order valence-corrected chi connectivity index (χ4v) is 2.69. The number of nitrogens with zero attached hydrogens (tertiary/aromatic N) is 1. The zero-order chi connectivity index (χ0) is 18.7. The molecule has 132 valence electrons. The molecular weight excluding hydrogens is 335 g/mol. The molecule has 1 heterocycles. The lowest BCUT2D eigenvalue weighted by molar-refractivity contribution is 0.0697. The van der Waals surface area contributed by atoms with Crippen LogP contribution in [0.15, 0.2) is 54.7 Å². The number of carboxylic acid groups (broad SMARTS) is 1. The van der Waals surface area contributed by atoms with Gasteiger partial charge in [-0.2, -0.15) is 0 Å². The Hall–Kier alpha value is -3.41. The van der Waals surface area contributed by atoms with Crippen molar-refractivity contribution in [2.45, 2.75) is 6.92 Å². The molecule has 0 spiro atoms. The molecule has 0 aliphatic carbocycles. The molecule has 0 radical (unpaired) electrons. The van der Waals surface area contributed by atoms with E-state index in [0.717, 1.165) is 22.6 Å². The van der Waals surface area contributed by atoms with Gasteiger partial charge in [-0.3, -0.25) is 4.98 Å². The minimum atomic E-state index is -1.20. The van der Waals surface area contributed by atoms with E-state index in [9.17, 15) is 14.3 Å². The molecule has 26 heavy (non-hydrogen) atoms. The number of rotatable bonds is 5. The fourth-order valence-electron chi connectivity index (χ4n) is 2.69. The van der Waals surface area contributed by atoms with Crippen LogP contribution in [0.3, 0.4) is 0 Å². The quantitative estimate of drug-likeness (QED) is 0.699. The molecule has 0 amide bonds. The summed E-state index contributed by atoms with van der Waals surface area (Å²) in [4.78, 5) is 15.7. The molecule has 6 heteroatoms. The van der Waals surface area contributed by atoms with Gasteiger partial charge in [0, 0.05) is 5.56 Å². The van der Waals surface area contributed by atoms with E-state index in [0.29, 0.717) is 5.69 Å². The van der Waals surface area contributed by atoms with Crippen molar-refractivity contribution >= 4 is 17.3 Å². The third-order valence-electron chi connectivity index (χ3n) is 3.93. The molecule has 0 atom stereocenters. The number of methoxy groups -OCH3 is 1. The van der Waals surface area contributed by atoms with Gasteiger partial charge in [0.1, 0.15) is 11.6 Å². The number of aryl methyl sites for hydroxylation is 1. The van der Waals surface area contributed by atoms with Crippen LogP contribution in [0.5, 0.6) is 5.75 Å². The number of nitrogens with one attached hydrogen (secondary N) is 1. The molecule has 3 rings (SSSR count). The van der Waals surface area contributed by atoms with Crippen LogP contribution < -0.4 is 10.1 Å². The highest BCUT2D eigenvalue weighted by atomic mass is 19.1. The van der Waals surface area contributed by atoms with Crippen molar-refractivity contribution in [2.24, 2.45) is 0 Å². The van der Waals surface area contributed by atoms with Gasteiger partial charge in [-0.05, 0) is 42.8 Å². The first kappa shape index (κ1) is 17.4. The van der Waals surface area contributed by atoms with Gasteiger partial charge in [-0.25, -0.2) is 9.18 Å². The van der Waals surface area contributed by atoms with Crippen molar-refractivity contribution in [2.75, 3.05) is 12.4 Å². The highest BCUT2D eigenvalue weighted by Gasteiger charge is 2.15. The van der Waals surface area contributed by atoms with Gasteiger partial charge < -0.3 is 15.2 Å². The Morgan fingerprint density at radius 3 is 2.65 bits per heavy atom. The zero-order valence-corrected chi connectivity index (χ0v) is 14.3. The summed E-state index contributed by atoms with van der Waals surface area (Å²) in [6.45, 7) is 1.88. The third kappa shape index (κ3) is 3.49. The monoisotopic (exact) mass is 352 g/mol. The Morgan fingerprint density at radius 1 is 1.19 bits per heavy atom. The van der Waals surface area contributed by atoms with Crippen LogP contribution in [0.25, 0.3) is 11.3 Å². The Bertz CT molecular complexity index is 973. The number of aromatic nitrogens is 1. The number of hydrogen-bond donors (Lipinski definition) is 2. The first-order valence-corrected chi connectivity index (χ1v) is 7.89. The second kappa shape index (κ2) is 7.23. The van der Waals surface area contributed by atoms with Gasteiger partial charge in [0.25, 0.3) is 0 Å². The van der Waals surface area contributed by atoms with Gasteiger partial charge in [-0.15, -0.1) is 0 Å². The molecule has 0 bridgehead atoms. The number of carbonyl (C=O) groups is 1. The van der Waals surface area contributed by atoms with Crippen LogP contribution in [0.4, 0.5) is 15.8 Å². The summed E-state index contributed by atoms with van der Waals surface area (Å²) < 4.78 is 19.3. The lowest BCUT2D eigenvalue weighted by Gasteiger charge is -2.13. The predicted octanol–water partition coefficient (Wildman–Crippen LogP) is 4.65. The van der Waals surface area contributed by atoms with Crippen LogP contribution in [0.1, 0.15) is 15.9 Å². The number of anilines is 2. The third-order valence-corrected chi connectivity index (χ3v) is 3.93. The molecule has 2 N–H and O–H groups in total. The van der Waals surface area contributed by atoms with Gasteiger partial charge >= 0.3 is 5.97 Å². The minimum absolute atomic E-state index is 0.0877. The first-order chi connectivity index (χ1) is 12.5. The van der Waals surface area contributed by atoms with Crippen LogP contribution >= 0.6 is 0 Å². The smallest absolute Gasteiger partial charge is 0.337 e. The van der Waals surface area contributed by atoms with Gasteiger partial charge in [0.2, 0.25) is 0 Å². The standard InChI is InChI=1S/C20H17FN2O3/c1-12-9-14(23-19-16(20(24)25)7-4-8-17(19)21)11-22-18(12)13-5-3-6-15(10-13)26-2/h3-11,23H,1-2H3,(H,24,25). The van der Waals surface area contributed by atoms with Crippen molar-refractivity contribution in [1.82, 2.24) is 4.98 Å². The number of halogens is 1.